The third-order valence-electron chi connectivity index (χ3n) is 6.01. The van der Waals surface area contributed by atoms with Gasteiger partial charge in [0.15, 0.2) is 11.5 Å². The summed E-state index contributed by atoms with van der Waals surface area (Å²) in [5.74, 6) is -1.15. The molecule has 0 spiro atoms. The van der Waals surface area contributed by atoms with E-state index in [0.29, 0.717) is 22.2 Å². The minimum absolute atomic E-state index is 0.0170. The average Bonchev–Trinajstić information content (AvgIpc) is 3.24. The molecule has 11 heteroatoms. The lowest BCUT2D eigenvalue weighted by Gasteiger charge is -2.27. The van der Waals surface area contributed by atoms with Gasteiger partial charge in [-0.1, -0.05) is 18.2 Å². The third kappa shape index (κ3) is 2.81. The molecule has 33 heavy (non-hydrogen) atoms. The Labute approximate surface area is 184 Å². The topological polar surface area (TPSA) is 115 Å². The van der Waals surface area contributed by atoms with Crippen molar-refractivity contribution in [2.75, 3.05) is 10.6 Å². The number of amides is 2. The molecule has 3 aromatic heterocycles. The number of rotatable bonds is 3. The molecule has 0 radical (unpaired) electrons. The fourth-order valence-corrected chi connectivity index (χ4v) is 4.39. The van der Waals surface area contributed by atoms with Crippen LogP contribution in [0.25, 0.3) is 22.6 Å². The maximum atomic E-state index is 14.2. The molecule has 4 aromatic rings. The van der Waals surface area contributed by atoms with Crippen molar-refractivity contribution in [2.45, 2.75) is 25.3 Å². The number of hydrogen-bond acceptors (Lipinski definition) is 6. The number of hydrogen-bond donors (Lipinski definition) is 2. The predicted molar refractivity (Wildman–Crippen MR) is 113 cm³/mol. The minimum atomic E-state index is -1.06. The highest BCUT2D eigenvalue weighted by molar-refractivity contribution is 6.13. The van der Waals surface area contributed by atoms with Gasteiger partial charge >= 0.3 is 0 Å². The maximum absolute atomic E-state index is 14.2. The number of nitrogens with zero attached hydrogens (tertiary/aromatic N) is 5. The molecule has 1 aromatic carbocycles. The van der Waals surface area contributed by atoms with E-state index in [0.717, 1.165) is 6.20 Å². The SMILES string of the molecule is C[C@]12CC(=O)Nc3nc(-c4nn(Cc5ccccc5F)c5ncc(F)cc45)nc(c31)NC2=O. The van der Waals surface area contributed by atoms with Gasteiger partial charge in [-0.2, -0.15) is 5.10 Å². The molecule has 0 saturated carbocycles. The second kappa shape index (κ2) is 6.61. The molecule has 0 aliphatic carbocycles. The Bertz CT molecular complexity index is 1520. The van der Waals surface area contributed by atoms with Gasteiger partial charge in [-0.3, -0.25) is 9.59 Å². The first kappa shape index (κ1) is 19.4. The first-order valence-corrected chi connectivity index (χ1v) is 10.1. The van der Waals surface area contributed by atoms with Gasteiger partial charge in [-0.25, -0.2) is 28.4 Å². The summed E-state index contributed by atoms with van der Waals surface area (Å²) in [5, 5.41) is 10.2. The zero-order chi connectivity index (χ0) is 22.9. The monoisotopic (exact) mass is 447 g/mol. The highest BCUT2D eigenvalue weighted by atomic mass is 19.1. The molecule has 0 bridgehead atoms. The van der Waals surface area contributed by atoms with Crippen LogP contribution in [-0.4, -0.2) is 36.5 Å². The summed E-state index contributed by atoms with van der Waals surface area (Å²) < 4.78 is 29.8. The molecule has 1 atom stereocenters. The summed E-state index contributed by atoms with van der Waals surface area (Å²) in [6.07, 6.45) is 1.03. The predicted octanol–water partition coefficient (Wildman–Crippen LogP) is 2.77. The first-order valence-electron chi connectivity index (χ1n) is 10.1. The molecule has 2 aliphatic heterocycles. The molecule has 164 valence electrons. The Morgan fingerprint density at radius 2 is 1.88 bits per heavy atom. The summed E-state index contributed by atoms with van der Waals surface area (Å²) in [6.45, 7) is 1.71. The Balaban J connectivity index is 1.55. The molecule has 0 saturated heterocycles. The summed E-state index contributed by atoms with van der Waals surface area (Å²) >= 11 is 0. The van der Waals surface area contributed by atoms with Crippen molar-refractivity contribution in [3.8, 4) is 11.5 Å². The number of fused-ring (bicyclic) bond motifs is 1. The van der Waals surface area contributed by atoms with Crippen molar-refractivity contribution in [3.05, 3.63) is 59.3 Å². The van der Waals surface area contributed by atoms with Crippen molar-refractivity contribution in [1.82, 2.24) is 24.7 Å². The van der Waals surface area contributed by atoms with Crippen LogP contribution in [0.4, 0.5) is 20.4 Å². The number of pyridine rings is 1. The number of carbonyl (C=O) groups excluding carboxylic acids is 2. The van der Waals surface area contributed by atoms with Gasteiger partial charge in [0.05, 0.1) is 29.1 Å². The molecule has 6 rings (SSSR count). The average molecular weight is 447 g/mol. The Morgan fingerprint density at radius 3 is 2.67 bits per heavy atom. The van der Waals surface area contributed by atoms with E-state index >= 15 is 0 Å². The lowest BCUT2D eigenvalue weighted by molar-refractivity contribution is -0.125. The number of anilines is 2. The van der Waals surface area contributed by atoms with Crippen LogP contribution >= 0.6 is 0 Å². The number of aromatic nitrogens is 5. The van der Waals surface area contributed by atoms with Gasteiger partial charge in [-0.05, 0) is 19.1 Å². The largest absolute Gasteiger partial charge is 0.310 e. The molecular formula is C22H15F2N7O2. The van der Waals surface area contributed by atoms with Gasteiger partial charge in [0.2, 0.25) is 11.8 Å². The lowest BCUT2D eigenvalue weighted by atomic mass is 9.79. The van der Waals surface area contributed by atoms with Crippen molar-refractivity contribution in [2.24, 2.45) is 0 Å². The van der Waals surface area contributed by atoms with E-state index in [1.807, 2.05) is 0 Å². The minimum Gasteiger partial charge on any atom is -0.310 e. The zero-order valence-electron chi connectivity index (χ0n) is 17.2. The number of carbonyl (C=O) groups is 2. The maximum Gasteiger partial charge on any atom is 0.236 e. The van der Waals surface area contributed by atoms with Crippen LogP contribution in [0, 0.1) is 11.6 Å². The number of nitrogens with one attached hydrogen (secondary N) is 2. The molecule has 2 aliphatic rings. The standard InChI is InChI=1S/C22H15F2N7O2/c1-22-7-14(32)26-17-15(22)18(29-21(22)33)28-19(27-17)16-12-6-11(23)8-25-20(12)31(30-16)9-10-4-2-3-5-13(10)24/h2-6,8H,7,9H2,1H3,(H2,26,27,28,29,32,33)/t22-/m0/s1. The first-order chi connectivity index (χ1) is 15.8. The van der Waals surface area contributed by atoms with Crippen molar-refractivity contribution in [3.63, 3.8) is 0 Å². The summed E-state index contributed by atoms with van der Waals surface area (Å²) in [6, 6.07) is 7.49. The van der Waals surface area contributed by atoms with Crippen molar-refractivity contribution in [1.29, 1.82) is 0 Å². The quantitative estimate of drug-likeness (QED) is 0.499. The highest BCUT2D eigenvalue weighted by Crippen LogP contribution is 2.46. The molecule has 0 fully saturated rings. The normalized spacial score (nSPS) is 18.9. The third-order valence-corrected chi connectivity index (χ3v) is 6.01. The van der Waals surface area contributed by atoms with Crippen molar-refractivity contribution < 1.29 is 18.4 Å². The highest BCUT2D eigenvalue weighted by Gasteiger charge is 2.50. The van der Waals surface area contributed by atoms with E-state index in [1.165, 1.54) is 16.8 Å². The smallest absolute Gasteiger partial charge is 0.236 e. The van der Waals surface area contributed by atoms with E-state index in [4.69, 9.17) is 0 Å². The Hall–Kier alpha value is -4.28. The van der Waals surface area contributed by atoms with E-state index < -0.39 is 17.0 Å². The van der Waals surface area contributed by atoms with Gasteiger partial charge in [0.25, 0.3) is 0 Å². The van der Waals surface area contributed by atoms with E-state index in [9.17, 15) is 18.4 Å². The van der Waals surface area contributed by atoms with Crippen LogP contribution in [0.15, 0.2) is 36.5 Å². The van der Waals surface area contributed by atoms with Crippen LogP contribution in [-0.2, 0) is 21.5 Å². The number of halogens is 2. The van der Waals surface area contributed by atoms with Gasteiger partial charge in [0, 0.05) is 12.0 Å². The molecule has 9 nitrogen and oxygen atoms in total. The van der Waals surface area contributed by atoms with Crippen molar-refractivity contribution >= 4 is 34.5 Å². The summed E-state index contributed by atoms with van der Waals surface area (Å²) in [5.41, 5.74) is 0.321. The summed E-state index contributed by atoms with van der Waals surface area (Å²) in [7, 11) is 0. The Morgan fingerprint density at radius 1 is 1.12 bits per heavy atom. The van der Waals surface area contributed by atoms with E-state index in [1.54, 1.807) is 25.1 Å². The van der Waals surface area contributed by atoms with Gasteiger partial charge in [-0.15, -0.1) is 0 Å². The van der Waals surface area contributed by atoms with Crippen LogP contribution < -0.4 is 10.6 Å². The summed E-state index contributed by atoms with van der Waals surface area (Å²) in [4.78, 5) is 37.9. The second-order valence-corrected chi connectivity index (χ2v) is 8.25. The van der Waals surface area contributed by atoms with Crippen LogP contribution in [0.3, 0.4) is 0 Å². The van der Waals surface area contributed by atoms with Crippen LogP contribution in [0.5, 0.6) is 0 Å². The van der Waals surface area contributed by atoms with Crippen LogP contribution in [0.2, 0.25) is 0 Å². The van der Waals surface area contributed by atoms with Gasteiger partial charge < -0.3 is 10.6 Å². The molecule has 5 heterocycles. The zero-order valence-corrected chi connectivity index (χ0v) is 17.2. The lowest BCUT2D eigenvalue weighted by Crippen LogP contribution is -2.39. The van der Waals surface area contributed by atoms with E-state index in [2.05, 4.69) is 30.7 Å². The molecule has 2 amide bonds. The molecule has 0 unspecified atom stereocenters. The molecule has 2 N–H and O–H groups in total. The number of benzene rings is 1. The van der Waals surface area contributed by atoms with Crippen LogP contribution in [0.1, 0.15) is 24.5 Å². The second-order valence-electron chi connectivity index (χ2n) is 8.25. The Kier molecular flexibility index (Phi) is 3.89. The fourth-order valence-electron chi connectivity index (χ4n) is 4.39. The fraction of sp³-hybridized carbons (Fsp3) is 0.182. The van der Waals surface area contributed by atoms with E-state index in [-0.39, 0.29) is 47.9 Å². The molecular weight excluding hydrogens is 432 g/mol. The van der Waals surface area contributed by atoms with Gasteiger partial charge in [0.1, 0.15) is 29.0 Å².